The van der Waals surface area contributed by atoms with Crippen LogP contribution in [0.3, 0.4) is 0 Å². The molecule has 2 rings (SSSR count). The van der Waals surface area contributed by atoms with Crippen LogP contribution >= 0.6 is 0 Å². The van der Waals surface area contributed by atoms with E-state index in [-0.39, 0.29) is 16.9 Å². The fourth-order valence-electron chi connectivity index (χ4n) is 2.50. The lowest BCUT2D eigenvalue weighted by molar-refractivity contribution is -0.122. The molecule has 5 heteroatoms. The molecule has 1 aromatic carbocycles. The van der Waals surface area contributed by atoms with E-state index in [1.807, 2.05) is 20.8 Å². The summed E-state index contributed by atoms with van der Waals surface area (Å²) in [5.41, 5.74) is 7.70. The summed E-state index contributed by atoms with van der Waals surface area (Å²) >= 11 is 0. The summed E-state index contributed by atoms with van der Waals surface area (Å²) in [5, 5.41) is 9.06. The van der Waals surface area contributed by atoms with Gasteiger partial charge in [-0.2, -0.15) is 0 Å². The molecule has 5 nitrogen and oxygen atoms in total. The van der Waals surface area contributed by atoms with Gasteiger partial charge in [0.2, 0.25) is 5.91 Å². The van der Waals surface area contributed by atoms with Gasteiger partial charge in [0.25, 0.3) is 0 Å². The quantitative estimate of drug-likeness (QED) is 0.873. The highest BCUT2D eigenvalue weighted by molar-refractivity contribution is 5.99. The van der Waals surface area contributed by atoms with Crippen LogP contribution in [0, 0.1) is 5.41 Å². The summed E-state index contributed by atoms with van der Waals surface area (Å²) in [5.74, 6) is -1.06. The van der Waals surface area contributed by atoms with Crippen LogP contribution in [0.25, 0.3) is 0 Å². The predicted molar refractivity (Wildman–Crippen MR) is 81.5 cm³/mol. The first-order valence-electron chi connectivity index (χ1n) is 7.15. The molecule has 3 N–H and O–H groups in total. The third-order valence-corrected chi connectivity index (χ3v) is 3.91. The molecule has 1 heterocycles. The van der Waals surface area contributed by atoms with E-state index >= 15 is 0 Å². The Morgan fingerprint density at radius 1 is 1.33 bits per heavy atom. The van der Waals surface area contributed by atoms with Crippen molar-refractivity contribution in [2.45, 2.75) is 39.7 Å². The number of aromatic carboxylic acids is 1. The van der Waals surface area contributed by atoms with Crippen molar-refractivity contribution in [3.63, 3.8) is 0 Å². The Labute approximate surface area is 124 Å². The standard InChI is InChI=1S/C16H22N2O3/c1-16(2,3)13(17)14(19)18-8-4-5-10-9-11(15(20)21)6-7-12(10)18/h6-7,9,13H,4-5,8,17H2,1-3H3,(H,20,21)/t13-/m0/s1. The van der Waals surface area contributed by atoms with E-state index in [9.17, 15) is 9.59 Å². The number of carbonyl (C=O) groups excluding carboxylic acids is 1. The van der Waals surface area contributed by atoms with Crippen molar-refractivity contribution < 1.29 is 14.7 Å². The lowest BCUT2D eigenvalue weighted by atomic mass is 9.86. The second-order valence-electron chi connectivity index (χ2n) is 6.59. The van der Waals surface area contributed by atoms with Gasteiger partial charge in [-0.1, -0.05) is 20.8 Å². The number of benzene rings is 1. The number of hydrogen-bond acceptors (Lipinski definition) is 3. The third-order valence-electron chi connectivity index (χ3n) is 3.91. The van der Waals surface area contributed by atoms with Gasteiger partial charge in [0.15, 0.2) is 0 Å². The van der Waals surface area contributed by atoms with Crippen LogP contribution in [-0.4, -0.2) is 29.6 Å². The van der Waals surface area contributed by atoms with Crippen molar-refractivity contribution in [2.24, 2.45) is 11.1 Å². The zero-order valence-corrected chi connectivity index (χ0v) is 12.7. The van der Waals surface area contributed by atoms with Gasteiger partial charge < -0.3 is 15.7 Å². The van der Waals surface area contributed by atoms with E-state index in [1.54, 1.807) is 17.0 Å². The molecule has 0 bridgehead atoms. The fourth-order valence-corrected chi connectivity index (χ4v) is 2.50. The smallest absolute Gasteiger partial charge is 0.335 e. The van der Waals surface area contributed by atoms with E-state index in [2.05, 4.69) is 0 Å². The van der Waals surface area contributed by atoms with Crippen LogP contribution in [0.5, 0.6) is 0 Å². The zero-order chi connectivity index (χ0) is 15.8. The Hall–Kier alpha value is -1.88. The first-order valence-corrected chi connectivity index (χ1v) is 7.15. The van der Waals surface area contributed by atoms with E-state index in [0.29, 0.717) is 6.54 Å². The van der Waals surface area contributed by atoms with Crippen LogP contribution < -0.4 is 10.6 Å². The van der Waals surface area contributed by atoms with Gasteiger partial charge in [0, 0.05) is 12.2 Å². The number of fused-ring (bicyclic) bond motifs is 1. The maximum absolute atomic E-state index is 12.6. The minimum Gasteiger partial charge on any atom is -0.478 e. The molecule has 0 spiro atoms. The molecule has 0 aromatic heterocycles. The zero-order valence-electron chi connectivity index (χ0n) is 12.7. The Morgan fingerprint density at radius 3 is 2.57 bits per heavy atom. The van der Waals surface area contributed by atoms with Gasteiger partial charge in [0.05, 0.1) is 11.6 Å². The number of rotatable bonds is 2. The number of nitrogens with zero attached hydrogens (tertiary/aromatic N) is 1. The number of carboxylic acids is 1. The maximum Gasteiger partial charge on any atom is 0.335 e. The number of amides is 1. The van der Waals surface area contributed by atoms with Crippen molar-refractivity contribution in [3.05, 3.63) is 29.3 Å². The van der Waals surface area contributed by atoms with Crippen molar-refractivity contribution in [1.82, 2.24) is 0 Å². The summed E-state index contributed by atoms with van der Waals surface area (Å²) in [6.07, 6.45) is 1.60. The van der Waals surface area contributed by atoms with E-state index < -0.39 is 12.0 Å². The third kappa shape index (κ3) is 3.08. The first kappa shape index (κ1) is 15.5. The highest BCUT2D eigenvalue weighted by atomic mass is 16.4. The topological polar surface area (TPSA) is 83.6 Å². The molecule has 1 aliphatic rings. The predicted octanol–water partition coefficient (Wildman–Crippen LogP) is 2.04. The highest BCUT2D eigenvalue weighted by Crippen LogP contribution is 2.30. The van der Waals surface area contributed by atoms with Crippen LogP contribution in [0.2, 0.25) is 0 Å². The van der Waals surface area contributed by atoms with E-state index in [4.69, 9.17) is 10.8 Å². The average molecular weight is 290 g/mol. The molecule has 114 valence electrons. The maximum atomic E-state index is 12.6. The first-order chi connectivity index (χ1) is 9.71. The molecule has 1 atom stereocenters. The largest absolute Gasteiger partial charge is 0.478 e. The number of anilines is 1. The number of carboxylic acid groups (broad SMARTS) is 1. The van der Waals surface area contributed by atoms with E-state index in [0.717, 1.165) is 24.1 Å². The molecule has 0 unspecified atom stereocenters. The van der Waals surface area contributed by atoms with Crippen LogP contribution in [-0.2, 0) is 11.2 Å². The van der Waals surface area contributed by atoms with Crippen LogP contribution in [0.4, 0.5) is 5.69 Å². The molecule has 21 heavy (non-hydrogen) atoms. The van der Waals surface area contributed by atoms with Gasteiger partial charge >= 0.3 is 5.97 Å². The average Bonchev–Trinajstić information content (AvgIpc) is 2.43. The highest BCUT2D eigenvalue weighted by Gasteiger charge is 2.33. The summed E-state index contributed by atoms with van der Waals surface area (Å²) in [6, 6.07) is 4.32. The second-order valence-corrected chi connectivity index (χ2v) is 6.59. The van der Waals surface area contributed by atoms with Gasteiger partial charge in [-0.05, 0) is 42.0 Å². The number of nitrogens with two attached hydrogens (primary N) is 1. The molecule has 0 saturated heterocycles. The van der Waals surface area contributed by atoms with Crippen molar-refractivity contribution in [3.8, 4) is 0 Å². The number of carbonyl (C=O) groups is 2. The summed E-state index contributed by atoms with van der Waals surface area (Å²) < 4.78 is 0. The molecule has 1 aliphatic heterocycles. The van der Waals surface area contributed by atoms with Gasteiger partial charge in [-0.25, -0.2) is 4.79 Å². The van der Waals surface area contributed by atoms with Crippen molar-refractivity contribution in [2.75, 3.05) is 11.4 Å². The SMILES string of the molecule is CC(C)(C)[C@@H](N)C(=O)N1CCCc2cc(C(=O)O)ccc21. The summed E-state index contributed by atoms with van der Waals surface area (Å²) in [7, 11) is 0. The van der Waals surface area contributed by atoms with Gasteiger partial charge in [0.1, 0.15) is 0 Å². The summed E-state index contributed by atoms with van der Waals surface area (Å²) in [6.45, 7) is 6.44. The molecular formula is C16H22N2O3. The van der Waals surface area contributed by atoms with Crippen molar-refractivity contribution >= 4 is 17.6 Å². The second kappa shape index (κ2) is 5.48. The molecule has 0 radical (unpaired) electrons. The number of aryl methyl sites for hydroxylation is 1. The normalized spacial score (nSPS) is 16.3. The molecule has 0 fully saturated rings. The Kier molecular flexibility index (Phi) is 4.05. The molecular weight excluding hydrogens is 268 g/mol. The van der Waals surface area contributed by atoms with E-state index in [1.165, 1.54) is 6.07 Å². The van der Waals surface area contributed by atoms with Crippen LogP contribution in [0.1, 0.15) is 43.1 Å². The molecule has 1 aromatic rings. The lowest BCUT2D eigenvalue weighted by Gasteiger charge is -2.35. The van der Waals surface area contributed by atoms with Crippen molar-refractivity contribution in [1.29, 1.82) is 0 Å². The number of hydrogen-bond donors (Lipinski definition) is 2. The summed E-state index contributed by atoms with van der Waals surface area (Å²) in [4.78, 5) is 25.3. The Balaban J connectivity index is 2.34. The molecule has 0 saturated carbocycles. The fraction of sp³-hybridized carbons (Fsp3) is 0.500. The minimum absolute atomic E-state index is 0.105. The van der Waals surface area contributed by atoms with Crippen LogP contribution in [0.15, 0.2) is 18.2 Å². The Bertz CT molecular complexity index is 575. The molecule has 0 aliphatic carbocycles. The molecule has 1 amide bonds. The minimum atomic E-state index is -0.951. The lowest BCUT2D eigenvalue weighted by Crippen LogP contribution is -2.51. The van der Waals surface area contributed by atoms with Gasteiger partial charge in [-0.3, -0.25) is 4.79 Å². The Morgan fingerprint density at radius 2 is 2.00 bits per heavy atom. The monoisotopic (exact) mass is 290 g/mol. The van der Waals surface area contributed by atoms with Gasteiger partial charge in [-0.15, -0.1) is 0 Å².